The monoisotopic (exact) mass is 311 g/mol. The number of hydrogen-bond donors (Lipinski definition) is 1. The van der Waals surface area contributed by atoms with Crippen molar-refractivity contribution in [3.63, 3.8) is 0 Å². The van der Waals surface area contributed by atoms with E-state index >= 15 is 0 Å². The summed E-state index contributed by atoms with van der Waals surface area (Å²) in [4.78, 5) is 0. The first-order valence-electron chi connectivity index (χ1n) is 7.09. The Bertz CT molecular complexity index is 362. The lowest BCUT2D eigenvalue weighted by Gasteiger charge is -2.26. The average Bonchev–Trinajstić information content (AvgIpc) is 2.34. The summed E-state index contributed by atoms with van der Waals surface area (Å²) in [5, 5.41) is 3.70. The van der Waals surface area contributed by atoms with Gasteiger partial charge >= 0.3 is 0 Å². The minimum absolute atomic E-state index is 0.474. The van der Waals surface area contributed by atoms with Crippen LogP contribution in [-0.2, 0) is 0 Å². The van der Waals surface area contributed by atoms with Gasteiger partial charge in [0.25, 0.3) is 0 Å². The van der Waals surface area contributed by atoms with Gasteiger partial charge in [0, 0.05) is 10.5 Å². The molecular formula is C16H26BrN. The lowest BCUT2D eigenvalue weighted by molar-refractivity contribution is 0.363. The molecular weight excluding hydrogens is 286 g/mol. The summed E-state index contributed by atoms with van der Waals surface area (Å²) < 4.78 is 1.21. The third-order valence-electron chi connectivity index (χ3n) is 3.48. The van der Waals surface area contributed by atoms with Gasteiger partial charge in [-0.25, -0.2) is 0 Å². The number of nitrogens with one attached hydrogen (secondary N) is 1. The Kier molecular flexibility index (Phi) is 6.95. The van der Waals surface area contributed by atoms with Gasteiger partial charge in [-0.3, -0.25) is 0 Å². The largest absolute Gasteiger partial charge is 0.310 e. The van der Waals surface area contributed by atoms with Crippen LogP contribution in [0.15, 0.2) is 22.7 Å². The molecule has 1 aromatic rings. The molecule has 0 heterocycles. The summed E-state index contributed by atoms with van der Waals surface area (Å²) in [6.45, 7) is 10.1. The fourth-order valence-corrected chi connectivity index (χ4v) is 2.77. The maximum atomic E-state index is 3.70. The molecule has 2 unspecified atom stereocenters. The van der Waals surface area contributed by atoms with E-state index in [1.807, 2.05) is 0 Å². The maximum Gasteiger partial charge on any atom is 0.0346 e. The van der Waals surface area contributed by atoms with Crippen LogP contribution < -0.4 is 5.32 Å². The third-order valence-corrected chi connectivity index (χ3v) is 4.34. The molecule has 1 N–H and O–H groups in total. The molecule has 0 saturated heterocycles. The van der Waals surface area contributed by atoms with E-state index in [0.29, 0.717) is 12.0 Å². The van der Waals surface area contributed by atoms with Crippen LogP contribution in [0, 0.1) is 12.8 Å². The van der Waals surface area contributed by atoms with Gasteiger partial charge in [0.2, 0.25) is 0 Å². The maximum absolute atomic E-state index is 3.70. The fourth-order valence-electron chi connectivity index (χ4n) is 2.37. The molecule has 102 valence electrons. The lowest BCUT2D eigenvalue weighted by Crippen LogP contribution is -2.27. The van der Waals surface area contributed by atoms with Crippen LogP contribution in [0.5, 0.6) is 0 Å². The van der Waals surface area contributed by atoms with Gasteiger partial charge in [-0.2, -0.15) is 0 Å². The van der Waals surface area contributed by atoms with Crippen LogP contribution in [-0.4, -0.2) is 6.54 Å². The summed E-state index contributed by atoms with van der Waals surface area (Å²) in [5.74, 6) is 0.677. The highest BCUT2D eigenvalue weighted by atomic mass is 79.9. The molecule has 0 bridgehead atoms. The van der Waals surface area contributed by atoms with Crippen molar-refractivity contribution in [3.05, 3.63) is 33.8 Å². The Hall–Kier alpha value is -0.340. The molecule has 2 atom stereocenters. The molecule has 0 saturated carbocycles. The summed E-state index contributed by atoms with van der Waals surface area (Å²) >= 11 is 3.64. The zero-order valence-electron chi connectivity index (χ0n) is 12.1. The number of aryl methyl sites for hydroxylation is 1. The Morgan fingerprint density at radius 1 is 1.22 bits per heavy atom. The first-order valence-corrected chi connectivity index (χ1v) is 7.88. The van der Waals surface area contributed by atoms with Gasteiger partial charge in [-0.1, -0.05) is 55.3 Å². The summed E-state index contributed by atoms with van der Waals surface area (Å²) in [7, 11) is 0. The van der Waals surface area contributed by atoms with E-state index in [-0.39, 0.29) is 0 Å². The quantitative estimate of drug-likeness (QED) is 0.726. The summed E-state index contributed by atoms with van der Waals surface area (Å²) in [6.07, 6.45) is 3.70. The van der Waals surface area contributed by atoms with Crippen molar-refractivity contribution in [3.8, 4) is 0 Å². The van der Waals surface area contributed by atoms with Crippen molar-refractivity contribution in [2.75, 3.05) is 6.54 Å². The second-order valence-corrected chi connectivity index (χ2v) is 6.06. The van der Waals surface area contributed by atoms with Crippen molar-refractivity contribution in [2.45, 2.75) is 53.0 Å². The normalized spacial score (nSPS) is 14.5. The summed E-state index contributed by atoms with van der Waals surface area (Å²) in [5.41, 5.74) is 2.71. The van der Waals surface area contributed by atoms with Gasteiger partial charge in [0.1, 0.15) is 0 Å². The zero-order valence-corrected chi connectivity index (χ0v) is 13.7. The number of benzene rings is 1. The second-order valence-electron chi connectivity index (χ2n) is 5.21. The van der Waals surface area contributed by atoms with E-state index in [1.165, 1.54) is 34.9 Å². The molecule has 0 amide bonds. The van der Waals surface area contributed by atoms with Crippen LogP contribution >= 0.6 is 15.9 Å². The lowest BCUT2D eigenvalue weighted by atomic mass is 9.90. The van der Waals surface area contributed by atoms with Crippen molar-refractivity contribution < 1.29 is 0 Å². The van der Waals surface area contributed by atoms with E-state index in [0.717, 1.165) is 6.54 Å². The van der Waals surface area contributed by atoms with E-state index in [1.54, 1.807) is 0 Å². The highest BCUT2D eigenvalue weighted by molar-refractivity contribution is 9.10. The third kappa shape index (κ3) is 4.40. The topological polar surface area (TPSA) is 12.0 Å². The molecule has 1 nitrogen and oxygen atoms in total. The molecule has 0 aliphatic carbocycles. The van der Waals surface area contributed by atoms with Crippen molar-refractivity contribution >= 4 is 15.9 Å². The van der Waals surface area contributed by atoms with E-state index in [2.05, 4.69) is 67.1 Å². The van der Waals surface area contributed by atoms with Crippen molar-refractivity contribution in [2.24, 2.45) is 5.92 Å². The molecule has 0 aromatic heterocycles. The molecule has 0 aliphatic rings. The zero-order chi connectivity index (χ0) is 13.5. The van der Waals surface area contributed by atoms with Crippen LogP contribution in [0.25, 0.3) is 0 Å². The SMILES string of the molecule is CCCNC(c1ccc(C)c(Br)c1)C(C)CCC. The molecule has 0 aliphatic heterocycles. The highest BCUT2D eigenvalue weighted by Gasteiger charge is 2.18. The average molecular weight is 312 g/mol. The van der Waals surface area contributed by atoms with Gasteiger partial charge in [0.15, 0.2) is 0 Å². The molecule has 2 heteroatoms. The number of halogens is 1. The molecule has 0 fully saturated rings. The van der Waals surface area contributed by atoms with E-state index < -0.39 is 0 Å². The Labute approximate surface area is 120 Å². The van der Waals surface area contributed by atoms with Gasteiger partial charge in [-0.15, -0.1) is 0 Å². The van der Waals surface area contributed by atoms with E-state index in [9.17, 15) is 0 Å². The minimum atomic E-state index is 0.474. The Morgan fingerprint density at radius 2 is 1.94 bits per heavy atom. The van der Waals surface area contributed by atoms with E-state index in [4.69, 9.17) is 0 Å². The predicted octanol–water partition coefficient (Wildman–Crippen LogP) is 5.23. The van der Waals surface area contributed by atoms with Gasteiger partial charge < -0.3 is 5.32 Å². The molecule has 1 rings (SSSR count). The number of rotatable bonds is 7. The number of hydrogen-bond acceptors (Lipinski definition) is 1. The van der Waals surface area contributed by atoms with Crippen molar-refractivity contribution in [1.29, 1.82) is 0 Å². The molecule has 1 aromatic carbocycles. The molecule has 0 spiro atoms. The van der Waals surface area contributed by atoms with Gasteiger partial charge in [0.05, 0.1) is 0 Å². The summed E-state index contributed by atoms with van der Waals surface area (Å²) in [6, 6.07) is 7.22. The second kappa shape index (κ2) is 7.96. The van der Waals surface area contributed by atoms with Crippen LogP contribution in [0.3, 0.4) is 0 Å². The molecule has 0 radical (unpaired) electrons. The molecule has 18 heavy (non-hydrogen) atoms. The van der Waals surface area contributed by atoms with Crippen molar-refractivity contribution in [1.82, 2.24) is 5.32 Å². The van der Waals surface area contributed by atoms with Crippen LogP contribution in [0.1, 0.15) is 57.2 Å². The minimum Gasteiger partial charge on any atom is -0.310 e. The smallest absolute Gasteiger partial charge is 0.0346 e. The first kappa shape index (κ1) is 15.7. The van der Waals surface area contributed by atoms with Gasteiger partial charge in [-0.05, 0) is 49.4 Å². The van der Waals surface area contributed by atoms with Crippen LogP contribution in [0.4, 0.5) is 0 Å². The highest BCUT2D eigenvalue weighted by Crippen LogP contribution is 2.28. The fraction of sp³-hybridized carbons (Fsp3) is 0.625. The van der Waals surface area contributed by atoms with Crippen LogP contribution in [0.2, 0.25) is 0 Å². The predicted molar refractivity (Wildman–Crippen MR) is 84.0 cm³/mol. The Morgan fingerprint density at radius 3 is 2.50 bits per heavy atom. The first-order chi connectivity index (χ1) is 8.60. The standard InChI is InChI=1S/C16H26BrN/c1-5-7-13(4)16(18-10-6-2)14-9-8-12(3)15(17)11-14/h8-9,11,13,16,18H,5-7,10H2,1-4H3. The Balaban J connectivity index is 2.89.